The van der Waals surface area contributed by atoms with E-state index in [0.717, 1.165) is 37.7 Å². The molecule has 0 radical (unpaired) electrons. The lowest BCUT2D eigenvalue weighted by Crippen LogP contribution is -2.44. The van der Waals surface area contributed by atoms with Gasteiger partial charge in [-0.25, -0.2) is 0 Å². The maximum atomic E-state index is 4.38. The van der Waals surface area contributed by atoms with Crippen LogP contribution in [0.2, 0.25) is 0 Å². The second-order valence-electron chi connectivity index (χ2n) is 6.72. The normalized spacial score (nSPS) is 17.0. The number of H-pyrrole nitrogens is 1. The van der Waals surface area contributed by atoms with Gasteiger partial charge in [0.05, 0.1) is 6.54 Å². The van der Waals surface area contributed by atoms with Gasteiger partial charge in [-0.1, -0.05) is 36.4 Å². The molecule has 4 rings (SSSR count). The van der Waals surface area contributed by atoms with Crippen LogP contribution in [-0.4, -0.2) is 37.1 Å². The number of anilines is 1. The van der Waals surface area contributed by atoms with Crippen LogP contribution in [0.4, 0.5) is 5.69 Å². The third-order valence-corrected chi connectivity index (χ3v) is 4.91. The summed E-state index contributed by atoms with van der Waals surface area (Å²) in [5.74, 6) is 0.851. The Morgan fingerprint density at radius 1 is 1.15 bits per heavy atom. The fourth-order valence-corrected chi connectivity index (χ4v) is 3.55. The molecule has 2 aromatic carbocycles. The maximum Gasteiger partial charge on any atom is 0.191 e. The standard InChI is InChI=1S/C21H25N5.HI/c1-22-21(23-14-18-13-16-7-5-6-10-20(16)24-18)25-17-11-12-26(15-17)19-8-3-2-4-9-19;/h2-10,13,17,24H,11-12,14-15H2,1H3,(H2,22,23,25);1H. The summed E-state index contributed by atoms with van der Waals surface area (Å²) in [6, 6.07) is 21.5. The average molecular weight is 475 g/mol. The van der Waals surface area contributed by atoms with Gasteiger partial charge < -0.3 is 20.5 Å². The summed E-state index contributed by atoms with van der Waals surface area (Å²) in [4.78, 5) is 10.2. The zero-order valence-electron chi connectivity index (χ0n) is 15.5. The number of hydrogen-bond acceptors (Lipinski definition) is 2. The maximum absolute atomic E-state index is 4.38. The van der Waals surface area contributed by atoms with Crippen molar-refractivity contribution in [3.05, 3.63) is 66.4 Å². The number of para-hydroxylation sites is 2. The molecule has 1 aliphatic rings. The molecule has 1 aliphatic heterocycles. The Kier molecular flexibility index (Phi) is 6.60. The highest BCUT2D eigenvalue weighted by Crippen LogP contribution is 2.19. The molecule has 0 amide bonds. The van der Waals surface area contributed by atoms with Crippen LogP contribution in [0.15, 0.2) is 65.7 Å². The molecular weight excluding hydrogens is 449 g/mol. The molecule has 1 saturated heterocycles. The summed E-state index contributed by atoms with van der Waals surface area (Å²) in [7, 11) is 1.82. The average Bonchev–Trinajstić information content (AvgIpc) is 3.32. The van der Waals surface area contributed by atoms with Crippen LogP contribution in [0.25, 0.3) is 10.9 Å². The van der Waals surface area contributed by atoms with E-state index in [1.807, 2.05) is 7.05 Å². The van der Waals surface area contributed by atoms with Crippen molar-refractivity contribution in [3.63, 3.8) is 0 Å². The molecule has 2 heterocycles. The number of benzene rings is 2. The molecule has 6 heteroatoms. The van der Waals surface area contributed by atoms with E-state index in [2.05, 4.69) is 86.2 Å². The van der Waals surface area contributed by atoms with Crippen LogP contribution in [0.1, 0.15) is 12.1 Å². The van der Waals surface area contributed by atoms with Crippen LogP contribution in [-0.2, 0) is 6.54 Å². The summed E-state index contributed by atoms with van der Waals surface area (Å²) < 4.78 is 0. The van der Waals surface area contributed by atoms with Gasteiger partial charge in [-0.15, -0.1) is 24.0 Å². The summed E-state index contributed by atoms with van der Waals surface area (Å²) in [6.07, 6.45) is 1.11. The molecule has 0 saturated carbocycles. The number of nitrogens with one attached hydrogen (secondary N) is 3. The van der Waals surface area contributed by atoms with E-state index in [-0.39, 0.29) is 24.0 Å². The Hall–Kier alpha value is -2.22. The van der Waals surface area contributed by atoms with Gasteiger partial charge in [0, 0.05) is 43.1 Å². The minimum atomic E-state index is 0. The van der Waals surface area contributed by atoms with Crippen molar-refractivity contribution in [1.29, 1.82) is 0 Å². The van der Waals surface area contributed by atoms with Crippen LogP contribution in [0.5, 0.6) is 0 Å². The minimum Gasteiger partial charge on any atom is -0.369 e. The van der Waals surface area contributed by atoms with Crippen molar-refractivity contribution in [1.82, 2.24) is 15.6 Å². The third kappa shape index (κ3) is 4.74. The molecule has 1 aromatic heterocycles. The molecule has 1 atom stereocenters. The number of guanidine groups is 1. The second-order valence-corrected chi connectivity index (χ2v) is 6.72. The molecule has 0 spiro atoms. The molecule has 5 nitrogen and oxygen atoms in total. The van der Waals surface area contributed by atoms with E-state index < -0.39 is 0 Å². The van der Waals surface area contributed by atoms with Crippen LogP contribution in [0.3, 0.4) is 0 Å². The quantitative estimate of drug-likeness (QED) is 0.306. The van der Waals surface area contributed by atoms with E-state index in [4.69, 9.17) is 0 Å². The lowest BCUT2D eigenvalue weighted by Gasteiger charge is -2.20. The van der Waals surface area contributed by atoms with E-state index >= 15 is 0 Å². The first-order valence-electron chi connectivity index (χ1n) is 9.15. The lowest BCUT2D eigenvalue weighted by molar-refractivity contribution is 0.647. The van der Waals surface area contributed by atoms with Crippen LogP contribution < -0.4 is 15.5 Å². The van der Waals surface area contributed by atoms with Crippen molar-refractivity contribution in [3.8, 4) is 0 Å². The number of hydrogen-bond donors (Lipinski definition) is 3. The Labute approximate surface area is 177 Å². The summed E-state index contributed by atoms with van der Waals surface area (Å²) in [5, 5.41) is 8.21. The highest BCUT2D eigenvalue weighted by atomic mass is 127. The third-order valence-electron chi connectivity index (χ3n) is 4.91. The summed E-state index contributed by atoms with van der Waals surface area (Å²) in [5.41, 5.74) is 3.62. The predicted molar refractivity (Wildman–Crippen MR) is 124 cm³/mol. The van der Waals surface area contributed by atoms with Crippen LogP contribution in [0, 0.1) is 0 Å². The van der Waals surface area contributed by atoms with Gasteiger partial charge in [0.1, 0.15) is 0 Å². The topological polar surface area (TPSA) is 55.5 Å². The Morgan fingerprint density at radius 2 is 1.93 bits per heavy atom. The molecular formula is C21H26IN5. The van der Waals surface area contributed by atoms with E-state index in [0.29, 0.717) is 6.04 Å². The molecule has 3 N–H and O–H groups in total. The first-order chi connectivity index (χ1) is 12.8. The van der Waals surface area contributed by atoms with Gasteiger partial charge in [-0.05, 0) is 36.1 Å². The number of rotatable bonds is 4. The van der Waals surface area contributed by atoms with Crippen molar-refractivity contribution >= 4 is 46.5 Å². The fraction of sp³-hybridized carbons (Fsp3) is 0.286. The largest absolute Gasteiger partial charge is 0.369 e. The van der Waals surface area contributed by atoms with E-state index in [9.17, 15) is 0 Å². The molecule has 1 fully saturated rings. The zero-order chi connectivity index (χ0) is 17.8. The van der Waals surface area contributed by atoms with Gasteiger partial charge in [0.2, 0.25) is 0 Å². The minimum absolute atomic E-state index is 0. The molecule has 27 heavy (non-hydrogen) atoms. The fourth-order valence-electron chi connectivity index (χ4n) is 3.55. The van der Waals surface area contributed by atoms with Crippen molar-refractivity contribution in [2.75, 3.05) is 25.0 Å². The molecule has 0 aliphatic carbocycles. The Balaban J connectivity index is 0.00000210. The smallest absolute Gasteiger partial charge is 0.191 e. The van der Waals surface area contributed by atoms with E-state index in [1.165, 1.54) is 16.6 Å². The Bertz CT molecular complexity index is 857. The first-order valence-corrected chi connectivity index (χ1v) is 9.15. The molecule has 1 unspecified atom stereocenters. The number of halogens is 1. The molecule has 0 bridgehead atoms. The Morgan fingerprint density at radius 3 is 2.70 bits per heavy atom. The lowest BCUT2D eigenvalue weighted by atomic mass is 10.2. The number of aromatic amines is 1. The second kappa shape index (κ2) is 9.12. The zero-order valence-corrected chi connectivity index (χ0v) is 17.8. The van der Waals surface area contributed by atoms with E-state index in [1.54, 1.807) is 0 Å². The first kappa shape index (κ1) is 19.5. The van der Waals surface area contributed by atoms with Gasteiger partial charge in [-0.3, -0.25) is 4.99 Å². The predicted octanol–water partition coefficient (Wildman–Crippen LogP) is 3.73. The monoisotopic (exact) mass is 475 g/mol. The summed E-state index contributed by atoms with van der Waals surface area (Å²) >= 11 is 0. The number of nitrogens with zero attached hydrogens (tertiary/aromatic N) is 2. The molecule has 3 aromatic rings. The molecule has 142 valence electrons. The SMILES string of the molecule is CN=C(NCc1cc2ccccc2[nH]1)NC1CCN(c2ccccc2)C1.I. The van der Waals surface area contributed by atoms with Crippen molar-refractivity contribution in [2.24, 2.45) is 4.99 Å². The number of fused-ring (bicyclic) bond motifs is 1. The highest BCUT2D eigenvalue weighted by Gasteiger charge is 2.23. The van der Waals surface area contributed by atoms with Gasteiger partial charge in [-0.2, -0.15) is 0 Å². The van der Waals surface area contributed by atoms with Crippen molar-refractivity contribution in [2.45, 2.75) is 19.0 Å². The van der Waals surface area contributed by atoms with Gasteiger partial charge in [0.15, 0.2) is 5.96 Å². The van der Waals surface area contributed by atoms with Crippen molar-refractivity contribution < 1.29 is 0 Å². The van der Waals surface area contributed by atoms with Gasteiger partial charge in [0.25, 0.3) is 0 Å². The summed E-state index contributed by atoms with van der Waals surface area (Å²) in [6.45, 7) is 2.79. The van der Waals surface area contributed by atoms with Gasteiger partial charge >= 0.3 is 0 Å². The van der Waals surface area contributed by atoms with Crippen LogP contribution >= 0.6 is 24.0 Å². The number of aromatic nitrogens is 1. The highest BCUT2D eigenvalue weighted by molar-refractivity contribution is 14.0. The number of aliphatic imine (C=N–C) groups is 1.